The molecule has 1 saturated carbocycles. The van der Waals surface area contributed by atoms with Crippen LogP contribution >= 0.6 is 0 Å². The van der Waals surface area contributed by atoms with Crippen LogP contribution in [0.5, 0.6) is 0 Å². The third-order valence-electron chi connectivity index (χ3n) is 5.06. The minimum atomic E-state index is -0.756. The Morgan fingerprint density at radius 1 is 1.26 bits per heavy atom. The molecule has 2 aliphatic rings. The molecule has 1 aliphatic heterocycles. The minimum Gasteiger partial charge on any atom is -0.445 e. The van der Waals surface area contributed by atoms with Crippen LogP contribution < -0.4 is 11.2 Å². The molecule has 124 valence electrons. The van der Waals surface area contributed by atoms with E-state index in [0.29, 0.717) is 5.92 Å². The van der Waals surface area contributed by atoms with Crippen molar-refractivity contribution in [3.63, 3.8) is 0 Å². The Labute approximate surface area is 137 Å². The highest BCUT2D eigenvalue weighted by Crippen LogP contribution is 2.42. The van der Waals surface area contributed by atoms with Gasteiger partial charge in [0.2, 0.25) is 0 Å². The first-order valence-corrected chi connectivity index (χ1v) is 8.10. The molecule has 1 aromatic rings. The SMILES string of the molecule is CC1(C)OB(c2ccc(COC(N)=O)cc2C2CC2)OC1(C)C. The van der Waals surface area contributed by atoms with E-state index in [-0.39, 0.29) is 24.9 Å². The van der Waals surface area contributed by atoms with Gasteiger partial charge in [-0.15, -0.1) is 0 Å². The van der Waals surface area contributed by atoms with E-state index >= 15 is 0 Å². The predicted octanol–water partition coefficient (Wildman–Crippen LogP) is 2.46. The average molecular weight is 317 g/mol. The summed E-state index contributed by atoms with van der Waals surface area (Å²) in [4.78, 5) is 10.8. The van der Waals surface area contributed by atoms with Crippen LogP contribution in [0.2, 0.25) is 0 Å². The van der Waals surface area contributed by atoms with Crippen molar-refractivity contribution in [2.45, 2.75) is 64.3 Å². The zero-order valence-corrected chi connectivity index (χ0v) is 14.2. The van der Waals surface area contributed by atoms with Crippen molar-refractivity contribution in [3.8, 4) is 0 Å². The third-order valence-corrected chi connectivity index (χ3v) is 5.06. The van der Waals surface area contributed by atoms with E-state index in [1.165, 1.54) is 18.4 Å². The van der Waals surface area contributed by atoms with Crippen LogP contribution in [0.1, 0.15) is 57.6 Å². The summed E-state index contributed by atoms with van der Waals surface area (Å²) in [6.07, 6.45) is 1.59. The second kappa shape index (κ2) is 5.53. The quantitative estimate of drug-likeness (QED) is 0.866. The first-order valence-electron chi connectivity index (χ1n) is 8.10. The number of rotatable bonds is 4. The fourth-order valence-corrected chi connectivity index (χ4v) is 2.80. The second-order valence-electron chi connectivity index (χ2n) is 7.43. The van der Waals surface area contributed by atoms with Crippen LogP contribution in [-0.2, 0) is 20.7 Å². The van der Waals surface area contributed by atoms with E-state index in [9.17, 15) is 4.79 Å². The van der Waals surface area contributed by atoms with Gasteiger partial charge >= 0.3 is 13.2 Å². The first kappa shape index (κ1) is 16.3. The molecule has 1 aliphatic carbocycles. The summed E-state index contributed by atoms with van der Waals surface area (Å²) in [5.41, 5.74) is 7.57. The van der Waals surface area contributed by atoms with E-state index in [1.54, 1.807) is 0 Å². The Kier molecular flexibility index (Phi) is 3.93. The Morgan fingerprint density at radius 3 is 2.39 bits per heavy atom. The molecule has 2 N–H and O–H groups in total. The molecule has 0 radical (unpaired) electrons. The van der Waals surface area contributed by atoms with Crippen molar-refractivity contribution < 1.29 is 18.8 Å². The normalized spacial score (nSPS) is 22.2. The lowest BCUT2D eigenvalue weighted by Gasteiger charge is -2.32. The van der Waals surface area contributed by atoms with Crippen LogP contribution in [0.3, 0.4) is 0 Å². The van der Waals surface area contributed by atoms with Crippen molar-refractivity contribution in [3.05, 3.63) is 29.3 Å². The number of hydrogen-bond donors (Lipinski definition) is 1. The van der Waals surface area contributed by atoms with Crippen LogP contribution in [0, 0.1) is 0 Å². The number of primary amides is 1. The number of ether oxygens (including phenoxy) is 1. The third kappa shape index (κ3) is 3.24. The van der Waals surface area contributed by atoms with Gasteiger partial charge in [-0.25, -0.2) is 4.79 Å². The molecule has 1 amide bonds. The summed E-state index contributed by atoms with van der Waals surface area (Å²) < 4.78 is 17.2. The molecule has 0 aromatic heterocycles. The van der Waals surface area contributed by atoms with Crippen LogP contribution in [0.25, 0.3) is 0 Å². The summed E-state index contributed by atoms with van der Waals surface area (Å²) >= 11 is 0. The molecule has 5 nitrogen and oxygen atoms in total. The van der Waals surface area contributed by atoms with Gasteiger partial charge in [0, 0.05) is 0 Å². The van der Waals surface area contributed by atoms with Gasteiger partial charge in [0.15, 0.2) is 0 Å². The first-order chi connectivity index (χ1) is 10.7. The molecular weight excluding hydrogens is 293 g/mol. The lowest BCUT2D eigenvalue weighted by atomic mass is 9.74. The number of nitrogens with two attached hydrogens (primary N) is 1. The topological polar surface area (TPSA) is 70.8 Å². The van der Waals surface area contributed by atoms with Gasteiger partial charge in [-0.3, -0.25) is 0 Å². The number of benzene rings is 1. The van der Waals surface area contributed by atoms with Gasteiger partial charge in [0.1, 0.15) is 6.61 Å². The Morgan fingerprint density at radius 2 is 1.87 bits per heavy atom. The number of carbonyl (C=O) groups is 1. The van der Waals surface area contributed by atoms with Gasteiger partial charge in [-0.05, 0) is 63.0 Å². The summed E-state index contributed by atoms with van der Waals surface area (Å²) in [6, 6.07) is 6.05. The lowest BCUT2D eigenvalue weighted by Crippen LogP contribution is -2.41. The van der Waals surface area contributed by atoms with Crippen molar-refractivity contribution in [1.29, 1.82) is 0 Å². The second-order valence-corrected chi connectivity index (χ2v) is 7.43. The van der Waals surface area contributed by atoms with Crippen molar-refractivity contribution >= 4 is 18.7 Å². The van der Waals surface area contributed by atoms with E-state index in [1.807, 2.05) is 12.1 Å². The van der Waals surface area contributed by atoms with E-state index in [4.69, 9.17) is 19.8 Å². The number of carbonyl (C=O) groups excluding carboxylic acids is 1. The number of hydrogen-bond acceptors (Lipinski definition) is 4. The maximum Gasteiger partial charge on any atom is 0.495 e. The molecule has 1 saturated heterocycles. The molecule has 2 fully saturated rings. The molecule has 0 atom stereocenters. The molecule has 0 bridgehead atoms. The zero-order chi connectivity index (χ0) is 16.8. The molecule has 0 unspecified atom stereocenters. The lowest BCUT2D eigenvalue weighted by molar-refractivity contribution is 0.00578. The van der Waals surface area contributed by atoms with Crippen LogP contribution in [-0.4, -0.2) is 24.4 Å². The summed E-state index contributed by atoms with van der Waals surface area (Å²) in [6.45, 7) is 8.41. The van der Waals surface area contributed by atoms with E-state index in [0.717, 1.165) is 11.0 Å². The predicted molar refractivity (Wildman–Crippen MR) is 88.5 cm³/mol. The van der Waals surface area contributed by atoms with Crippen LogP contribution in [0.15, 0.2) is 18.2 Å². The summed E-state index contributed by atoms with van der Waals surface area (Å²) in [5, 5.41) is 0. The van der Waals surface area contributed by atoms with Crippen LogP contribution in [0.4, 0.5) is 4.79 Å². The Bertz CT molecular complexity index is 609. The molecule has 1 aromatic carbocycles. The molecule has 0 spiro atoms. The monoisotopic (exact) mass is 317 g/mol. The molecule has 6 heteroatoms. The van der Waals surface area contributed by atoms with Gasteiger partial charge < -0.3 is 19.8 Å². The van der Waals surface area contributed by atoms with Crippen molar-refractivity contribution in [1.82, 2.24) is 0 Å². The van der Waals surface area contributed by atoms with Gasteiger partial charge in [0.05, 0.1) is 11.2 Å². The number of amides is 1. The standard InChI is InChI=1S/C17H24BNO4/c1-16(2)17(3,4)23-18(22-16)14-8-5-11(10-21-15(19)20)9-13(14)12-6-7-12/h5,8-9,12H,6-7,10H2,1-4H3,(H2,19,20). The van der Waals surface area contributed by atoms with Gasteiger partial charge in [-0.1, -0.05) is 18.2 Å². The van der Waals surface area contributed by atoms with E-state index < -0.39 is 6.09 Å². The largest absolute Gasteiger partial charge is 0.495 e. The van der Waals surface area contributed by atoms with Crippen molar-refractivity contribution in [2.75, 3.05) is 0 Å². The molecular formula is C17H24BNO4. The highest BCUT2D eigenvalue weighted by molar-refractivity contribution is 6.62. The fourth-order valence-electron chi connectivity index (χ4n) is 2.80. The fraction of sp³-hybridized carbons (Fsp3) is 0.588. The molecule has 1 heterocycles. The maximum atomic E-state index is 10.8. The average Bonchev–Trinajstić information content (AvgIpc) is 3.24. The highest BCUT2D eigenvalue weighted by Gasteiger charge is 2.52. The van der Waals surface area contributed by atoms with E-state index in [2.05, 4.69) is 33.8 Å². The molecule has 23 heavy (non-hydrogen) atoms. The summed E-state index contributed by atoms with van der Waals surface area (Å²) in [5.74, 6) is 0.539. The van der Waals surface area contributed by atoms with Gasteiger partial charge in [0.25, 0.3) is 0 Å². The Balaban J connectivity index is 1.86. The zero-order valence-electron chi connectivity index (χ0n) is 14.2. The summed E-state index contributed by atoms with van der Waals surface area (Å²) in [7, 11) is -0.360. The highest BCUT2D eigenvalue weighted by atomic mass is 16.7. The van der Waals surface area contributed by atoms with Crippen molar-refractivity contribution in [2.24, 2.45) is 5.73 Å². The minimum absolute atomic E-state index is 0.193. The Hall–Kier alpha value is -1.53. The van der Waals surface area contributed by atoms with Gasteiger partial charge in [-0.2, -0.15) is 0 Å². The maximum absolute atomic E-state index is 10.8. The smallest absolute Gasteiger partial charge is 0.445 e. The molecule has 3 rings (SSSR count).